The van der Waals surface area contributed by atoms with Crippen molar-refractivity contribution < 1.29 is 4.79 Å². The van der Waals surface area contributed by atoms with Crippen molar-refractivity contribution in [3.05, 3.63) is 57.6 Å². The number of fused-ring (bicyclic) bond motifs is 2. The number of rotatable bonds is 2. The lowest BCUT2D eigenvalue weighted by atomic mass is 10.1. The van der Waals surface area contributed by atoms with Gasteiger partial charge in [-0.1, -0.05) is 12.1 Å². The fraction of sp³-hybridized carbons (Fsp3) is 0. The van der Waals surface area contributed by atoms with Gasteiger partial charge in [0.05, 0.1) is 4.88 Å². The van der Waals surface area contributed by atoms with E-state index in [9.17, 15) is 4.79 Å². The summed E-state index contributed by atoms with van der Waals surface area (Å²) < 4.78 is 3.49. The van der Waals surface area contributed by atoms with E-state index in [-0.39, 0.29) is 5.78 Å². The molecule has 92 valence electrons. The molecule has 0 unspecified atom stereocenters. The third-order valence-electron chi connectivity index (χ3n) is 3.09. The minimum Gasteiger partial charge on any atom is -0.288 e. The fourth-order valence-corrected chi connectivity index (χ4v) is 5.16. The number of hydrogen-bond donors (Lipinski definition) is 0. The zero-order valence-corrected chi connectivity index (χ0v) is 12.2. The van der Waals surface area contributed by atoms with E-state index in [0.29, 0.717) is 0 Å². The Morgan fingerprint density at radius 1 is 0.947 bits per heavy atom. The van der Waals surface area contributed by atoms with Crippen LogP contribution in [0.4, 0.5) is 0 Å². The Kier molecular flexibility index (Phi) is 2.55. The Hall–Kier alpha value is -1.49. The molecule has 4 heteroatoms. The summed E-state index contributed by atoms with van der Waals surface area (Å²) in [6, 6.07) is 12.1. The van der Waals surface area contributed by atoms with Crippen molar-refractivity contribution in [3.63, 3.8) is 0 Å². The summed E-state index contributed by atoms with van der Waals surface area (Å²) in [4.78, 5) is 13.5. The van der Waals surface area contributed by atoms with Gasteiger partial charge in [-0.05, 0) is 40.4 Å². The van der Waals surface area contributed by atoms with E-state index < -0.39 is 0 Å². The van der Waals surface area contributed by atoms with Crippen LogP contribution in [0.1, 0.15) is 15.2 Å². The van der Waals surface area contributed by atoms with Gasteiger partial charge in [0.15, 0.2) is 0 Å². The first-order chi connectivity index (χ1) is 9.33. The topological polar surface area (TPSA) is 17.1 Å². The highest BCUT2D eigenvalue weighted by Gasteiger charge is 2.16. The van der Waals surface area contributed by atoms with Crippen LogP contribution in [0.2, 0.25) is 0 Å². The second-order valence-corrected chi connectivity index (χ2v) is 7.18. The van der Waals surface area contributed by atoms with Crippen molar-refractivity contribution in [3.8, 4) is 0 Å². The number of carbonyl (C=O) groups is 1. The van der Waals surface area contributed by atoms with Crippen LogP contribution in [-0.4, -0.2) is 5.78 Å². The average molecular weight is 300 g/mol. The van der Waals surface area contributed by atoms with E-state index in [1.807, 2.05) is 23.6 Å². The molecule has 0 atom stereocenters. The minimum absolute atomic E-state index is 0.140. The van der Waals surface area contributed by atoms with Crippen molar-refractivity contribution in [1.82, 2.24) is 0 Å². The van der Waals surface area contributed by atoms with Crippen LogP contribution in [0.25, 0.3) is 19.5 Å². The third-order valence-corrected chi connectivity index (χ3v) is 6.14. The smallest absolute Gasteiger partial charge is 0.204 e. The summed E-state index contributed by atoms with van der Waals surface area (Å²) >= 11 is 4.90. The van der Waals surface area contributed by atoms with Gasteiger partial charge in [-0.15, -0.1) is 34.0 Å². The molecule has 0 amide bonds. The molecule has 3 aromatic heterocycles. The zero-order chi connectivity index (χ0) is 12.8. The molecule has 0 radical (unpaired) electrons. The predicted octanol–water partition coefficient (Wildman–Crippen LogP) is 5.41. The second-order valence-electron chi connectivity index (χ2n) is 4.23. The third kappa shape index (κ3) is 1.75. The Labute approximate surface area is 121 Å². The Morgan fingerprint density at radius 3 is 2.74 bits per heavy atom. The van der Waals surface area contributed by atoms with E-state index in [0.717, 1.165) is 20.5 Å². The zero-order valence-electron chi connectivity index (χ0n) is 9.75. The number of thiophene rings is 3. The van der Waals surface area contributed by atoms with Gasteiger partial charge in [0.25, 0.3) is 0 Å². The highest BCUT2D eigenvalue weighted by molar-refractivity contribution is 7.28. The maximum atomic E-state index is 12.6. The molecule has 0 spiro atoms. The van der Waals surface area contributed by atoms with Crippen molar-refractivity contribution >= 4 is 59.3 Å². The average Bonchev–Trinajstić information content (AvgIpc) is 3.11. The summed E-state index contributed by atoms with van der Waals surface area (Å²) in [6.45, 7) is 0. The van der Waals surface area contributed by atoms with Gasteiger partial charge in [0.2, 0.25) is 5.78 Å². The molecular weight excluding hydrogens is 292 g/mol. The van der Waals surface area contributed by atoms with Crippen molar-refractivity contribution in [2.24, 2.45) is 0 Å². The minimum atomic E-state index is 0.140. The van der Waals surface area contributed by atoms with Crippen molar-refractivity contribution in [2.75, 3.05) is 0 Å². The molecular formula is C15H8OS3. The van der Waals surface area contributed by atoms with Crippen LogP contribution >= 0.6 is 34.0 Å². The van der Waals surface area contributed by atoms with Crippen LogP contribution < -0.4 is 0 Å². The summed E-state index contributed by atoms with van der Waals surface area (Å²) in [5, 5.41) is 5.25. The number of ketones is 1. The molecule has 0 saturated heterocycles. The molecule has 1 nitrogen and oxygen atoms in total. The number of carbonyl (C=O) groups excluding carboxylic acids is 1. The van der Waals surface area contributed by atoms with Crippen LogP contribution in [0.15, 0.2) is 47.2 Å². The molecule has 4 aromatic rings. The molecule has 0 aliphatic heterocycles. The Balaban J connectivity index is 1.89. The van der Waals surface area contributed by atoms with Gasteiger partial charge in [-0.2, -0.15) is 0 Å². The summed E-state index contributed by atoms with van der Waals surface area (Å²) in [6.07, 6.45) is 0. The normalized spacial score (nSPS) is 11.4. The monoisotopic (exact) mass is 300 g/mol. The Morgan fingerprint density at radius 2 is 1.84 bits per heavy atom. The molecule has 19 heavy (non-hydrogen) atoms. The number of benzene rings is 1. The fourth-order valence-electron chi connectivity index (χ4n) is 2.18. The van der Waals surface area contributed by atoms with Gasteiger partial charge in [-0.25, -0.2) is 0 Å². The highest BCUT2D eigenvalue weighted by atomic mass is 32.1. The lowest BCUT2D eigenvalue weighted by Gasteiger charge is -1.99. The molecule has 0 aliphatic carbocycles. The van der Waals surface area contributed by atoms with Crippen molar-refractivity contribution in [1.29, 1.82) is 0 Å². The molecule has 0 saturated carbocycles. The summed E-state index contributed by atoms with van der Waals surface area (Å²) in [7, 11) is 0. The maximum Gasteiger partial charge on any atom is 0.204 e. The predicted molar refractivity (Wildman–Crippen MR) is 85.0 cm³/mol. The molecule has 0 N–H and O–H groups in total. The maximum absolute atomic E-state index is 12.6. The first-order valence-corrected chi connectivity index (χ1v) is 8.38. The highest BCUT2D eigenvalue weighted by Crippen LogP contribution is 2.33. The van der Waals surface area contributed by atoms with Crippen LogP contribution in [0.5, 0.6) is 0 Å². The lowest BCUT2D eigenvalue weighted by molar-refractivity contribution is 0.104. The lowest BCUT2D eigenvalue weighted by Crippen LogP contribution is -1.98. The molecule has 3 heterocycles. The second kappa shape index (κ2) is 4.27. The first-order valence-electron chi connectivity index (χ1n) is 5.81. The van der Waals surface area contributed by atoms with E-state index >= 15 is 0 Å². The van der Waals surface area contributed by atoms with E-state index in [1.165, 1.54) is 9.40 Å². The molecule has 1 aromatic carbocycles. The van der Waals surface area contributed by atoms with E-state index in [2.05, 4.69) is 23.6 Å². The van der Waals surface area contributed by atoms with Crippen LogP contribution in [-0.2, 0) is 0 Å². The first kappa shape index (κ1) is 11.3. The van der Waals surface area contributed by atoms with Gasteiger partial charge in [0.1, 0.15) is 0 Å². The van der Waals surface area contributed by atoms with Gasteiger partial charge in [0, 0.05) is 19.7 Å². The van der Waals surface area contributed by atoms with Crippen LogP contribution in [0.3, 0.4) is 0 Å². The SMILES string of the molecule is O=C(c1cc2sccc2s1)c1cccc2ccsc12. The van der Waals surface area contributed by atoms with Gasteiger partial charge >= 0.3 is 0 Å². The summed E-state index contributed by atoms with van der Waals surface area (Å²) in [5.74, 6) is 0.140. The van der Waals surface area contributed by atoms with Crippen molar-refractivity contribution in [2.45, 2.75) is 0 Å². The van der Waals surface area contributed by atoms with Crippen LogP contribution in [0, 0.1) is 0 Å². The largest absolute Gasteiger partial charge is 0.288 e. The summed E-state index contributed by atoms with van der Waals surface area (Å²) in [5.41, 5.74) is 0.821. The number of hydrogen-bond acceptors (Lipinski definition) is 4. The quantitative estimate of drug-likeness (QED) is 0.452. The molecule has 0 fully saturated rings. The van der Waals surface area contributed by atoms with E-state index in [4.69, 9.17) is 0 Å². The standard InChI is InChI=1S/C15H8OS3/c16-14(13-8-12-11(19-13)5-7-17-12)10-3-1-2-9-4-6-18-15(9)10/h1-8H. The molecule has 4 rings (SSSR count). The van der Waals surface area contributed by atoms with E-state index in [1.54, 1.807) is 34.0 Å². The Bertz CT molecular complexity index is 866. The van der Waals surface area contributed by atoms with Gasteiger partial charge < -0.3 is 0 Å². The van der Waals surface area contributed by atoms with Gasteiger partial charge in [-0.3, -0.25) is 4.79 Å². The molecule has 0 aliphatic rings. The molecule has 0 bridgehead atoms.